The highest BCUT2D eigenvalue weighted by atomic mass is 35.5. The van der Waals surface area contributed by atoms with Gasteiger partial charge in [-0.25, -0.2) is 4.39 Å². The molecule has 0 atom stereocenters. The second-order valence-corrected chi connectivity index (χ2v) is 5.74. The van der Waals surface area contributed by atoms with Crippen LogP contribution in [0.2, 0.25) is 5.02 Å². The van der Waals surface area contributed by atoms with Gasteiger partial charge in [0.1, 0.15) is 18.2 Å². The Bertz CT molecular complexity index is 611. The van der Waals surface area contributed by atoms with Crippen LogP contribution in [-0.2, 0) is 13.2 Å². The van der Waals surface area contributed by atoms with Gasteiger partial charge in [0.2, 0.25) is 0 Å². The van der Waals surface area contributed by atoms with Crippen LogP contribution in [0.3, 0.4) is 0 Å². The Morgan fingerprint density at radius 1 is 1.10 bits per heavy atom. The standard InChI is InChI=1S/C17H17ClFNO/c18-16-9-14(19)5-8-17(16)21-11-13-3-1-12(2-4-13)10-20-15-6-7-15/h1-5,8-9,15,20H,6-7,10-11H2. The van der Waals surface area contributed by atoms with Crippen molar-refractivity contribution in [1.29, 1.82) is 0 Å². The van der Waals surface area contributed by atoms with Gasteiger partial charge in [-0.2, -0.15) is 0 Å². The molecule has 1 saturated carbocycles. The lowest BCUT2D eigenvalue weighted by Gasteiger charge is -2.09. The lowest BCUT2D eigenvalue weighted by atomic mass is 10.1. The van der Waals surface area contributed by atoms with Gasteiger partial charge in [0.05, 0.1) is 5.02 Å². The molecule has 0 saturated heterocycles. The van der Waals surface area contributed by atoms with Crippen LogP contribution < -0.4 is 10.1 Å². The first-order chi connectivity index (χ1) is 10.2. The predicted octanol–water partition coefficient (Wildman–Crippen LogP) is 4.31. The minimum atomic E-state index is -0.361. The SMILES string of the molecule is Fc1ccc(OCc2ccc(CNC3CC3)cc2)c(Cl)c1. The molecule has 2 aromatic rings. The zero-order chi connectivity index (χ0) is 14.7. The second-order valence-electron chi connectivity index (χ2n) is 5.34. The molecular weight excluding hydrogens is 289 g/mol. The van der Waals surface area contributed by atoms with Crippen LogP contribution in [0.5, 0.6) is 5.75 Å². The molecule has 1 aliphatic rings. The van der Waals surface area contributed by atoms with Crippen molar-refractivity contribution < 1.29 is 9.13 Å². The fraction of sp³-hybridized carbons (Fsp3) is 0.294. The highest BCUT2D eigenvalue weighted by Crippen LogP contribution is 2.25. The lowest BCUT2D eigenvalue weighted by molar-refractivity contribution is 0.306. The number of ether oxygens (including phenoxy) is 1. The Hall–Kier alpha value is -1.58. The van der Waals surface area contributed by atoms with E-state index in [4.69, 9.17) is 16.3 Å². The summed E-state index contributed by atoms with van der Waals surface area (Å²) in [6, 6.07) is 13.1. The van der Waals surface area contributed by atoms with Crippen LogP contribution in [0.15, 0.2) is 42.5 Å². The van der Waals surface area contributed by atoms with Crippen LogP contribution in [0.4, 0.5) is 4.39 Å². The van der Waals surface area contributed by atoms with E-state index in [0.29, 0.717) is 23.4 Å². The molecule has 21 heavy (non-hydrogen) atoms. The lowest BCUT2D eigenvalue weighted by Crippen LogP contribution is -2.15. The molecule has 1 fully saturated rings. The zero-order valence-corrected chi connectivity index (χ0v) is 12.4. The third kappa shape index (κ3) is 4.19. The summed E-state index contributed by atoms with van der Waals surface area (Å²) in [5.74, 6) is 0.136. The van der Waals surface area contributed by atoms with Crippen LogP contribution in [0.1, 0.15) is 24.0 Å². The molecule has 2 aromatic carbocycles. The third-order valence-electron chi connectivity index (χ3n) is 3.48. The van der Waals surface area contributed by atoms with Crippen molar-refractivity contribution in [3.05, 3.63) is 64.4 Å². The number of halogens is 2. The molecule has 0 bridgehead atoms. The van der Waals surface area contributed by atoms with Gasteiger partial charge >= 0.3 is 0 Å². The number of rotatable bonds is 6. The number of benzene rings is 2. The van der Waals surface area contributed by atoms with Crippen LogP contribution in [-0.4, -0.2) is 6.04 Å². The van der Waals surface area contributed by atoms with E-state index in [-0.39, 0.29) is 5.82 Å². The van der Waals surface area contributed by atoms with Crippen LogP contribution in [0.25, 0.3) is 0 Å². The Kier molecular flexibility index (Phi) is 4.42. The van der Waals surface area contributed by atoms with Gasteiger partial charge in [0.25, 0.3) is 0 Å². The molecule has 3 rings (SSSR count). The van der Waals surface area contributed by atoms with E-state index in [9.17, 15) is 4.39 Å². The first-order valence-corrected chi connectivity index (χ1v) is 7.47. The normalized spacial score (nSPS) is 14.2. The fourth-order valence-electron chi connectivity index (χ4n) is 2.06. The topological polar surface area (TPSA) is 21.3 Å². The van der Waals surface area contributed by atoms with Crippen molar-refractivity contribution in [3.63, 3.8) is 0 Å². The van der Waals surface area contributed by atoms with Gasteiger partial charge in [0.15, 0.2) is 0 Å². The monoisotopic (exact) mass is 305 g/mol. The average Bonchev–Trinajstić information content (AvgIpc) is 3.30. The van der Waals surface area contributed by atoms with E-state index >= 15 is 0 Å². The first-order valence-electron chi connectivity index (χ1n) is 7.10. The molecule has 0 aliphatic heterocycles. The molecule has 0 heterocycles. The molecule has 110 valence electrons. The number of hydrogen-bond donors (Lipinski definition) is 1. The van der Waals surface area contributed by atoms with E-state index in [2.05, 4.69) is 17.4 Å². The van der Waals surface area contributed by atoms with E-state index in [0.717, 1.165) is 12.1 Å². The molecular formula is C17H17ClFNO. The molecule has 1 aliphatic carbocycles. The molecule has 0 radical (unpaired) electrons. The summed E-state index contributed by atoms with van der Waals surface area (Å²) < 4.78 is 18.6. The van der Waals surface area contributed by atoms with Crippen LogP contribution >= 0.6 is 11.6 Å². The highest BCUT2D eigenvalue weighted by molar-refractivity contribution is 6.32. The Balaban J connectivity index is 1.54. The maximum atomic E-state index is 12.9. The second kappa shape index (κ2) is 6.46. The van der Waals surface area contributed by atoms with Gasteiger partial charge in [-0.3, -0.25) is 0 Å². The minimum absolute atomic E-state index is 0.292. The first kappa shape index (κ1) is 14.4. The van der Waals surface area contributed by atoms with Crippen molar-refractivity contribution in [2.45, 2.75) is 32.0 Å². The van der Waals surface area contributed by atoms with E-state index in [1.54, 1.807) is 6.07 Å². The Labute approximate surface area is 128 Å². The van der Waals surface area contributed by atoms with Crippen molar-refractivity contribution in [1.82, 2.24) is 5.32 Å². The number of hydrogen-bond acceptors (Lipinski definition) is 2. The molecule has 0 unspecified atom stereocenters. The van der Waals surface area contributed by atoms with Crippen molar-refractivity contribution in [3.8, 4) is 5.75 Å². The maximum absolute atomic E-state index is 12.9. The maximum Gasteiger partial charge on any atom is 0.138 e. The summed E-state index contributed by atoms with van der Waals surface area (Å²) in [4.78, 5) is 0. The highest BCUT2D eigenvalue weighted by Gasteiger charge is 2.19. The van der Waals surface area contributed by atoms with E-state index in [1.807, 2.05) is 12.1 Å². The summed E-state index contributed by atoms with van der Waals surface area (Å²) in [5.41, 5.74) is 2.33. The molecule has 0 aromatic heterocycles. The van der Waals surface area contributed by atoms with Gasteiger partial charge in [-0.15, -0.1) is 0 Å². The quantitative estimate of drug-likeness (QED) is 0.858. The summed E-state index contributed by atoms with van der Waals surface area (Å²) in [6.45, 7) is 1.33. The Morgan fingerprint density at radius 2 is 1.81 bits per heavy atom. The molecule has 4 heteroatoms. The van der Waals surface area contributed by atoms with E-state index < -0.39 is 0 Å². The molecule has 0 spiro atoms. The molecule has 1 N–H and O–H groups in total. The van der Waals surface area contributed by atoms with E-state index in [1.165, 1.54) is 30.5 Å². The van der Waals surface area contributed by atoms with Gasteiger partial charge in [-0.05, 0) is 42.2 Å². The number of nitrogens with one attached hydrogen (secondary N) is 1. The average molecular weight is 306 g/mol. The molecule has 0 amide bonds. The van der Waals surface area contributed by atoms with Gasteiger partial charge < -0.3 is 10.1 Å². The Morgan fingerprint density at radius 3 is 2.48 bits per heavy atom. The van der Waals surface area contributed by atoms with Crippen molar-refractivity contribution >= 4 is 11.6 Å². The van der Waals surface area contributed by atoms with Crippen LogP contribution in [0, 0.1) is 5.82 Å². The smallest absolute Gasteiger partial charge is 0.138 e. The predicted molar refractivity (Wildman–Crippen MR) is 82.0 cm³/mol. The summed E-state index contributed by atoms with van der Waals surface area (Å²) in [5, 5.41) is 3.77. The van der Waals surface area contributed by atoms with Crippen molar-refractivity contribution in [2.75, 3.05) is 0 Å². The summed E-state index contributed by atoms with van der Waals surface area (Å²) in [7, 11) is 0. The van der Waals surface area contributed by atoms with Gasteiger partial charge in [-0.1, -0.05) is 35.9 Å². The summed E-state index contributed by atoms with van der Waals surface area (Å²) in [6.07, 6.45) is 2.59. The molecule has 2 nitrogen and oxygen atoms in total. The van der Waals surface area contributed by atoms with Crippen molar-refractivity contribution in [2.24, 2.45) is 0 Å². The fourth-order valence-corrected chi connectivity index (χ4v) is 2.28. The van der Waals surface area contributed by atoms with Gasteiger partial charge in [0, 0.05) is 12.6 Å². The largest absolute Gasteiger partial charge is 0.487 e. The third-order valence-corrected chi connectivity index (χ3v) is 3.78. The summed E-state index contributed by atoms with van der Waals surface area (Å²) >= 11 is 5.92. The zero-order valence-electron chi connectivity index (χ0n) is 11.6. The minimum Gasteiger partial charge on any atom is -0.487 e.